The van der Waals surface area contributed by atoms with E-state index in [-0.39, 0.29) is 186 Å². The highest BCUT2D eigenvalue weighted by molar-refractivity contribution is 6.32. The maximum Gasteiger partial charge on any atom is 0.414 e. The van der Waals surface area contributed by atoms with Crippen molar-refractivity contribution in [3.63, 3.8) is 0 Å². The quantitative estimate of drug-likeness (QED) is 0.0107. The third kappa shape index (κ3) is 38.6. The lowest BCUT2D eigenvalue weighted by atomic mass is 9.95. The summed E-state index contributed by atoms with van der Waals surface area (Å²) in [5, 5.41) is 61.8. The number of aromatic hydroxyl groups is 2. The Morgan fingerprint density at radius 3 is 1.04 bits per heavy atom. The Kier molecular flexibility index (Phi) is 50.9. The van der Waals surface area contributed by atoms with Gasteiger partial charge in [-0.15, -0.1) is 0 Å². The number of guanidine groups is 3. The summed E-state index contributed by atoms with van der Waals surface area (Å²) < 4.78 is 89.4. The second kappa shape index (κ2) is 57.3. The molecular formula is C100H111Cl4F4N15O16. The van der Waals surface area contributed by atoms with E-state index >= 15 is 0 Å². The van der Waals surface area contributed by atoms with E-state index in [0.29, 0.717) is 0 Å². The highest BCUT2D eigenvalue weighted by Crippen LogP contribution is 2.46. The largest absolute Gasteiger partial charge is 0.507 e. The number of halogens is 8. The van der Waals surface area contributed by atoms with Gasteiger partial charge in [-0.2, -0.15) is 4.99 Å². The molecule has 1 aliphatic heterocycles. The lowest BCUT2D eigenvalue weighted by molar-refractivity contribution is -0.153. The average molecular weight is 2000 g/mol. The highest BCUT2D eigenvalue weighted by atomic mass is 35.5. The molecule has 10 aromatic rings. The summed E-state index contributed by atoms with van der Waals surface area (Å²) >= 11 is 23.8. The fourth-order valence-corrected chi connectivity index (χ4v) is 12.3. The van der Waals surface area contributed by atoms with Crippen LogP contribution in [0.25, 0.3) is 63.9 Å². The zero-order valence-electron chi connectivity index (χ0n) is 72.4. The molecule has 11 rings (SSSR count). The predicted molar refractivity (Wildman–Crippen MR) is 536 cm³/mol. The minimum absolute atomic E-state index is 0. The second-order valence-corrected chi connectivity index (χ2v) is 32.3. The molecule has 0 bridgehead atoms. The number of hydrogen-bond acceptors (Lipinski definition) is 18. The Hall–Kier alpha value is -15.6. The molecule has 10 aromatic carbocycles. The van der Waals surface area contributed by atoms with Crippen LogP contribution in [0.15, 0.2) is 187 Å². The molecule has 0 aliphatic carbocycles. The lowest BCUT2D eigenvalue weighted by Gasteiger charge is -2.20. The third-order valence-corrected chi connectivity index (χ3v) is 17.7. The molecule has 1 fully saturated rings. The molecule has 738 valence electrons. The minimum Gasteiger partial charge on any atom is -0.507 e. The van der Waals surface area contributed by atoms with E-state index in [0.717, 1.165) is 60.7 Å². The molecule has 1 aliphatic rings. The molecule has 0 unspecified atom stereocenters. The van der Waals surface area contributed by atoms with Crippen molar-refractivity contribution in [2.75, 3.05) is 13.2 Å². The topological polar surface area (TPSA) is 463 Å². The van der Waals surface area contributed by atoms with Crippen molar-refractivity contribution >= 4 is 135 Å². The van der Waals surface area contributed by atoms with Gasteiger partial charge in [0, 0.05) is 77.8 Å². The number of nitrogens with one attached hydrogen (secondary N) is 7. The number of rotatable bonds is 16. The van der Waals surface area contributed by atoms with E-state index in [1.165, 1.54) is 97.8 Å². The second-order valence-electron chi connectivity index (χ2n) is 30.5. The Morgan fingerprint density at radius 1 is 0.432 bits per heavy atom. The van der Waals surface area contributed by atoms with E-state index < -0.39 is 117 Å². The predicted octanol–water partition coefficient (Wildman–Crippen LogP) is 25.1. The summed E-state index contributed by atoms with van der Waals surface area (Å²) in [5.41, 5.74) is 12.4. The van der Waals surface area contributed by atoms with Gasteiger partial charge in [0.05, 0.1) is 48.5 Å². The zero-order valence-corrected chi connectivity index (χ0v) is 75.4. The van der Waals surface area contributed by atoms with Crippen molar-refractivity contribution in [2.24, 2.45) is 22.2 Å². The van der Waals surface area contributed by atoms with Gasteiger partial charge in [0.25, 0.3) is 17.7 Å². The van der Waals surface area contributed by atoms with E-state index in [1.807, 2.05) is 66.0 Å². The maximum absolute atomic E-state index is 14.9. The van der Waals surface area contributed by atoms with Crippen LogP contribution in [-0.2, 0) is 37.0 Å². The number of nitrogens with zero attached hydrogens (tertiary/aromatic N) is 5. The molecule has 0 saturated carbocycles. The standard InChI is InChI=1S/C27H24ClFN4O4.C21H13ClFNO3.C20H18ClFN4O4.C15H10ClFN4O2.C7H14N2O2.C4H8O.6CH4/c1-27(2,3)37-26(35)33-25(30)32-24(34)23-21(36-15-16-8-6-5-7-9-16)13-12-20(31-4)22(23)18-14-17(28)10-11-19(18)29;1-24-17-9-10-18(27-12-13-5-3-2-4-6-13)20(21(25)26)19(17)15-11-14(22)7-8-16(15)23;1-20(2,3)30-19(29)26-18(23)25-17(28)16-14(27)8-7-13(24-4)15(16)11-9-10(21)5-6-12(11)22;1-20-10-4-5-11(22)13(14(23)21-15(18)19)12(10)8-6-7(16)2-3-9(8)17;1-7(2,3)11-6(10)4-5(8)9;1-2-4-5-3-1;;;;;;/h5-14H,15H2,1-3H3,(H3,30,32,33,34,35);2-11H,12H2,(H,25,26);5-9,27H,1-3H3,(H3,23,25,26,28,29);2-6,22H,(H4,18,19,21,23);4H2,1-3H3,(H3,8,9);1-4H2;6*1H4. The first kappa shape index (κ1) is 123. The normalized spacial score (nSPS) is 10.5. The number of aromatic carboxylic acids is 1. The SMILES string of the molecule is C.C.C.C.C.C.C1CCOC1.CC(C)(C)OC(=O)CC(=N)N.[C-]#[N+]c1ccc(O)c(C(=O)N=C(N)N)c1-c1cc(Cl)ccc1F.[C-]#[N+]c1ccc(O)c(C(=O)NC(=N)NC(=O)OC(C)(C)C)c1-c1cc(Cl)ccc1F.[C-]#[N+]c1ccc(OCc2ccccc2)c(C(=O)NC(=N)NC(=O)OC(C)(C)C)c1-c1cc(Cl)ccc1F.[C-]#[N+]c1ccc(OCc2ccccc2)c(C(=O)O)c1-c1cc(Cl)ccc1F. The first-order valence-corrected chi connectivity index (χ1v) is 40.6. The fourth-order valence-electron chi connectivity index (χ4n) is 11.6. The van der Waals surface area contributed by atoms with Crippen molar-refractivity contribution in [3.05, 3.63) is 304 Å². The summed E-state index contributed by atoms with van der Waals surface area (Å²) in [7, 11) is 0. The van der Waals surface area contributed by atoms with E-state index in [1.54, 1.807) is 62.3 Å². The average Bonchev–Trinajstić information content (AvgIpc) is 0.827. The molecule has 0 spiro atoms. The van der Waals surface area contributed by atoms with Gasteiger partial charge in [-0.05, 0) is 183 Å². The monoisotopic (exact) mass is 1990 g/mol. The van der Waals surface area contributed by atoms with Crippen LogP contribution < -0.4 is 47.9 Å². The number of phenols is 2. The van der Waals surface area contributed by atoms with E-state index in [2.05, 4.69) is 40.3 Å². The molecule has 39 heteroatoms. The fraction of sp³-hybridized carbons (Fsp3) is 0.250. The number of hydrogen-bond donors (Lipinski definition) is 13. The van der Waals surface area contributed by atoms with Crippen LogP contribution in [0.5, 0.6) is 23.0 Å². The minimum atomic E-state index is -1.32. The van der Waals surface area contributed by atoms with Crippen molar-refractivity contribution in [3.8, 4) is 67.5 Å². The van der Waals surface area contributed by atoms with Crippen molar-refractivity contribution in [2.45, 2.75) is 156 Å². The number of phenolic OH excluding ortho intramolecular Hbond substituents is 2. The first-order valence-electron chi connectivity index (χ1n) is 39.1. The van der Waals surface area contributed by atoms with E-state index in [9.17, 15) is 66.4 Å². The van der Waals surface area contributed by atoms with Gasteiger partial charge >= 0.3 is 24.1 Å². The number of carbonyl (C=O) groups excluding carboxylic acids is 6. The Bertz CT molecular complexity index is 6250. The smallest absolute Gasteiger partial charge is 0.414 e. The van der Waals surface area contributed by atoms with Gasteiger partial charge in [-0.3, -0.25) is 56.7 Å². The number of aliphatic imine (C=N–C) groups is 1. The van der Waals surface area contributed by atoms with Crippen LogP contribution in [0.1, 0.15) is 179 Å². The van der Waals surface area contributed by atoms with Crippen LogP contribution in [0.3, 0.4) is 0 Å². The Morgan fingerprint density at radius 2 is 0.734 bits per heavy atom. The number of benzene rings is 10. The summed E-state index contributed by atoms with van der Waals surface area (Å²) in [4.78, 5) is 102. The summed E-state index contributed by atoms with van der Waals surface area (Å²) in [6, 6.07) is 43.5. The molecule has 0 atom stereocenters. The molecule has 31 nitrogen and oxygen atoms in total. The highest BCUT2D eigenvalue weighted by Gasteiger charge is 2.31. The van der Waals surface area contributed by atoms with Crippen LogP contribution in [-0.4, -0.2) is 111 Å². The number of esters is 1. The number of carboxylic acids is 1. The molecule has 1 heterocycles. The molecule has 5 amide bonds. The van der Waals surface area contributed by atoms with Gasteiger partial charge in [-0.25, -0.2) is 51.3 Å². The lowest BCUT2D eigenvalue weighted by Crippen LogP contribution is -2.45. The van der Waals surface area contributed by atoms with Crippen LogP contribution in [0, 0.1) is 65.8 Å². The molecule has 16 N–H and O–H groups in total. The third-order valence-electron chi connectivity index (χ3n) is 16.8. The van der Waals surface area contributed by atoms with Crippen molar-refractivity contribution in [1.29, 1.82) is 16.2 Å². The van der Waals surface area contributed by atoms with Gasteiger partial charge in [0.1, 0.15) is 88.5 Å². The number of alkyl carbamates (subject to hydrolysis) is 2. The van der Waals surface area contributed by atoms with E-state index in [4.69, 9.17) is 135 Å². The van der Waals surface area contributed by atoms with Crippen molar-refractivity contribution < 1.29 is 94.9 Å². The van der Waals surface area contributed by atoms with Gasteiger partial charge in [-0.1, -0.05) is 176 Å². The summed E-state index contributed by atoms with van der Waals surface area (Å²) in [6.07, 6.45) is 0.500. The number of amidine groups is 1. The number of nitrogens with two attached hydrogens (primary N) is 3. The van der Waals surface area contributed by atoms with Crippen LogP contribution in [0.4, 0.5) is 49.9 Å². The molecule has 0 aromatic heterocycles. The molecule has 139 heavy (non-hydrogen) atoms. The van der Waals surface area contributed by atoms with Crippen molar-refractivity contribution in [1.82, 2.24) is 21.3 Å². The Labute approximate surface area is 825 Å². The molecule has 1 saturated heterocycles. The first-order chi connectivity index (χ1) is 62.6. The number of ether oxygens (including phenoxy) is 6. The summed E-state index contributed by atoms with van der Waals surface area (Å²) in [6.45, 7) is 46.8. The van der Waals surface area contributed by atoms with Crippen LogP contribution >= 0.6 is 46.4 Å². The van der Waals surface area contributed by atoms with Gasteiger partial charge in [0.2, 0.25) is 11.9 Å². The van der Waals surface area contributed by atoms with Gasteiger partial charge in [0.15, 0.2) is 28.7 Å². The molecular weight excluding hydrogens is 1880 g/mol. The number of carbonyl (C=O) groups is 7. The molecule has 0 radical (unpaired) electrons. The Balaban J connectivity index is 0.00000172. The van der Waals surface area contributed by atoms with Gasteiger partial charge < -0.3 is 60.9 Å². The summed E-state index contributed by atoms with van der Waals surface area (Å²) in [5.74, 6) is -10.7. The number of amides is 5. The zero-order chi connectivity index (χ0) is 98.9. The van der Waals surface area contributed by atoms with Crippen LogP contribution in [0.2, 0.25) is 20.1 Å². The maximum atomic E-state index is 14.9. The number of carboxylic acid groups (broad SMARTS) is 1.